The molecule has 0 atom stereocenters. The van der Waals surface area contributed by atoms with E-state index in [1.807, 2.05) is 0 Å². The predicted molar refractivity (Wildman–Crippen MR) is 35.0 cm³/mol. The Hall–Kier alpha value is 0.210. The maximum Gasteiger partial charge on any atom is 0.0710 e. The molecule has 2 nitrogen and oxygen atoms in total. The number of rotatable bonds is 3. The van der Waals surface area contributed by atoms with Gasteiger partial charge in [0.2, 0.25) is 0 Å². The normalized spacial score (nSPS) is 17.6. The van der Waals surface area contributed by atoms with Gasteiger partial charge >= 0.3 is 0 Å². The monoisotopic (exact) mass is 137 g/mol. The summed E-state index contributed by atoms with van der Waals surface area (Å²) in [5, 5.41) is 0. The zero-order valence-electron chi connectivity index (χ0n) is 5.02. The molecule has 3 heteroatoms. The van der Waals surface area contributed by atoms with Crippen LogP contribution in [0.4, 0.5) is 0 Å². The highest BCUT2D eigenvalue weighted by Crippen LogP contribution is 2.28. The summed E-state index contributed by atoms with van der Waals surface area (Å²) < 4.78 is 0. The Morgan fingerprint density at radius 2 is 2.25 bits per heavy atom. The van der Waals surface area contributed by atoms with Crippen molar-refractivity contribution in [3.05, 3.63) is 0 Å². The van der Waals surface area contributed by atoms with Gasteiger partial charge in [0, 0.05) is 7.05 Å². The van der Waals surface area contributed by atoms with E-state index in [9.17, 15) is 0 Å². The van der Waals surface area contributed by atoms with Crippen molar-refractivity contribution < 1.29 is 4.84 Å². The Morgan fingerprint density at radius 3 is 2.62 bits per heavy atom. The van der Waals surface area contributed by atoms with Crippen molar-refractivity contribution in [1.29, 1.82) is 0 Å². The fourth-order valence-electron chi connectivity index (χ4n) is 0.486. The van der Waals surface area contributed by atoms with Gasteiger partial charge in [-0.05, 0) is 18.8 Å². The van der Waals surface area contributed by atoms with Gasteiger partial charge in [-0.25, -0.2) is 5.48 Å². The molecule has 0 amide bonds. The van der Waals surface area contributed by atoms with Crippen LogP contribution in [0.2, 0.25) is 0 Å². The third-order valence-corrected chi connectivity index (χ3v) is 1.16. The zero-order chi connectivity index (χ0) is 5.11. The fourth-order valence-corrected chi connectivity index (χ4v) is 0.486. The second-order valence-electron chi connectivity index (χ2n) is 1.96. The van der Waals surface area contributed by atoms with E-state index in [1.165, 1.54) is 12.8 Å². The molecule has 1 N–H and O–H groups in total. The van der Waals surface area contributed by atoms with Crippen molar-refractivity contribution in [2.24, 2.45) is 5.92 Å². The summed E-state index contributed by atoms with van der Waals surface area (Å²) in [7, 11) is 1.79. The number of hydroxylamine groups is 1. The summed E-state index contributed by atoms with van der Waals surface area (Å²) in [4.78, 5) is 4.91. The van der Waals surface area contributed by atoms with Crippen LogP contribution in [0.1, 0.15) is 12.8 Å². The lowest BCUT2D eigenvalue weighted by atomic mass is 10.5. The highest BCUT2D eigenvalue weighted by atomic mass is 35.5. The summed E-state index contributed by atoms with van der Waals surface area (Å²) in [6, 6.07) is 0. The van der Waals surface area contributed by atoms with Crippen LogP contribution < -0.4 is 5.48 Å². The van der Waals surface area contributed by atoms with Gasteiger partial charge in [0.25, 0.3) is 0 Å². The molecule has 8 heavy (non-hydrogen) atoms. The molecule has 0 aromatic heterocycles. The molecule has 50 valence electrons. The molecule has 1 aliphatic rings. The molecule has 0 radical (unpaired) electrons. The highest BCUT2D eigenvalue weighted by molar-refractivity contribution is 5.85. The predicted octanol–water partition coefficient (Wildman–Crippen LogP) is 0.969. The van der Waals surface area contributed by atoms with Crippen LogP contribution >= 0.6 is 12.4 Å². The van der Waals surface area contributed by atoms with E-state index in [0.29, 0.717) is 0 Å². The first-order valence-corrected chi connectivity index (χ1v) is 2.72. The number of halogens is 1. The van der Waals surface area contributed by atoms with Crippen molar-refractivity contribution in [2.45, 2.75) is 12.8 Å². The van der Waals surface area contributed by atoms with Gasteiger partial charge < -0.3 is 4.84 Å². The Balaban J connectivity index is 0.000000490. The van der Waals surface area contributed by atoms with Crippen molar-refractivity contribution in [1.82, 2.24) is 5.48 Å². The molecule has 0 saturated heterocycles. The highest BCUT2D eigenvalue weighted by Gasteiger charge is 2.20. The van der Waals surface area contributed by atoms with Gasteiger partial charge in [-0.3, -0.25) is 0 Å². The Morgan fingerprint density at radius 1 is 1.62 bits per heavy atom. The van der Waals surface area contributed by atoms with Crippen molar-refractivity contribution in [3.8, 4) is 0 Å². The molecule has 0 heterocycles. The topological polar surface area (TPSA) is 21.3 Å². The van der Waals surface area contributed by atoms with Crippen LogP contribution in [0.5, 0.6) is 0 Å². The van der Waals surface area contributed by atoms with E-state index in [1.54, 1.807) is 7.05 Å². The minimum Gasteiger partial charge on any atom is -0.302 e. The smallest absolute Gasteiger partial charge is 0.0710 e. The molecule has 0 unspecified atom stereocenters. The molecular formula is C5H12ClNO. The van der Waals surface area contributed by atoms with Gasteiger partial charge in [-0.15, -0.1) is 12.4 Å². The Kier molecular flexibility index (Phi) is 4.23. The third kappa shape index (κ3) is 3.24. The molecular weight excluding hydrogens is 126 g/mol. The minimum absolute atomic E-state index is 0. The molecule has 0 spiro atoms. The standard InChI is InChI=1S/C5H11NO.ClH/c1-6-7-4-5-2-3-5;/h5-6H,2-4H2,1H3;1H. The Labute approximate surface area is 56.0 Å². The molecule has 1 aliphatic carbocycles. The number of hydrogen-bond acceptors (Lipinski definition) is 2. The van der Waals surface area contributed by atoms with Crippen molar-refractivity contribution in [2.75, 3.05) is 13.7 Å². The zero-order valence-corrected chi connectivity index (χ0v) is 5.83. The molecule has 1 fully saturated rings. The molecule has 0 aromatic rings. The quantitative estimate of drug-likeness (QED) is 0.586. The average Bonchev–Trinajstić information content (AvgIpc) is 2.42. The van der Waals surface area contributed by atoms with Crippen LogP contribution in [-0.4, -0.2) is 13.7 Å². The van der Waals surface area contributed by atoms with Gasteiger partial charge in [-0.1, -0.05) is 0 Å². The van der Waals surface area contributed by atoms with Crippen LogP contribution in [0.15, 0.2) is 0 Å². The molecule has 1 saturated carbocycles. The first-order chi connectivity index (χ1) is 3.43. The largest absolute Gasteiger partial charge is 0.302 e. The SMILES string of the molecule is CNOCC1CC1.Cl. The maximum atomic E-state index is 4.91. The van der Waals surface area contributed by atoms with Crippen LogP contribution in [-0.2, 0) is 4.84 Å². The molecule has 0 bridgehead atoms. The van der Waals surface area contributed by atoms with Gasteiger partial charge in [-0.2, -0.15) is 0 Å². The summed E-state index contributed by atoms with van der Waals surface area (Å²) in [6.07, 6.45) is 2.73. The molecule has 1 rings (SSSR count). The summed E-state index contributed by atoms with van der Waals surface area (Å²) in [5.74, 6) is 0.868. The number of hydrogen-bond donors (Lipinski definition) is 1. The van der Waals surface area contributed by atoms with Gasteiger partial charge in [0.1, 0.15) is 0 Å². The van der Waals surface area contributed by atoms with E-state index >= 15 is 0 Å². The van der Waals surface area contributed by atoms with Crippen LogP contribution in [0.25, 0.3) is 0 Å². The average molecular weight is 138 g/mol. The second-order valence-corrected chi connectivity index (χ2v) is 1.96. The molecule has 0 aromatic carbocycles. The summed E-state index contributed by atoms with van der Waals surface area (Å²) >= 11 is 0. The summed E-state index contributed by atoms with van der Waals surface area (Å²) in [6.45, 7) is 0.899. The summed E-state index contributed by atoms with van der Waals surface area (Å²) in [5.41, 5.74) is 2.64. The van der Waals surface area contributed by atoms with Crippen molar-refractivity contribution >= 4 is 12.4 Å². The third-order valence-electron chi connectivity index (χ3n) is 1.16. The van der Waals surface area contributed by atoms with E-state index in [-0.39, 0.29) is 12.4 Å². The minimum atomic E-state index is 0. The maximum absolute atomic E-state index is 4.91. The van der Waals surface area contributed by atoms with Gasteiger partial charge in [0.05, 0.1) is 6.61 Å². The lowest BCUT2D eigenvalue weighted by Crippen LogP contribution is -2.08. The van der Waals surface area contributed by atoms with Crippen molar-refractivity contribution in [3.63, 3.8) is 0 Å². The first-order valence-electron chi connectivity index (χ1n) is 2.72. The molecule has 0 aliphatic heterocycles. The van der Waals surface area contributed by atoms with E-state index in [0.717, 1.165) is 12.5 Å². The van der Waals surface area contributed by atoms with Crippen LogP contribution in [0.3, 0.4) is 0 Å². The van der Waals surface area contributed by atoms with Crippen LogP contribution in [0, 0.1) is 5.92 Å². The lowest BCUT2D eigenvalue weighted by Gasteiger charge is -1.94. The second kappa shape index (κ2) is 4.13. The van der Waals surface area contributed by atoms with E-state index in [4.69, 9.17) is 4.84 Å². The Bertz CT molecular complexity index is 56.4. The van der Waals surface area contributed by atoms with E-state index < -0.39 is 0 Å². The number of nitrogens with one attached hydrogen (secondary N) is 1. The van der Waals surface area contributed by atoms with Gasteiger partial charge in [0.15, 0.2) is 0 Å². The lowest BCUT2D eigenvalue weighted by molar-refractivity contribution is 0.0501. The fraction of sp³-hybridized carbons (Fsp3) is 1.00. The first kappa shape index (κ1) is 8.21. The van der Waals surface area contributed by atoms with E-state index in [2.05, 4.69) is 5.48 Å².